The third-order valence-electron chi connectivity index (χ3n) is 2.84. The van der Waals surface area contributed by atoms with Gasteiger partial charge in [0.15, 0.2) is 5.82 Å². The highest BCUT2D eigenvalue weighted by Gasteiger charge is 2.19. The van der Waals surface area contributed by atoms with Crippen molar-refractivity contribution < 1.29 is 9.26 Å². The Kier molecular flexibility index (Phi) is 4.47. The number of nitrogens with two attached hydrogens (primary N) is 1. The first kappa shape index (κ1) is 12.5. The molecule has 1 saturated heterocycles. The quantitative estimate of drug-likeness (QED) is 0.800. The zero-order valence-electron chi connectivity index (χ0n) is 10.3. The minimum Gasteiger partial charge on any atom is -0.379 e. The lowest BCUT2D eigenvalue weighted by Gasteiger charge is -2.27. The number of aryl methyl sites for hydroxylation is 1. The molecule has 0 aromatic carbocycles. The van der Waals surface area contributed by atoms with Crippen molar-refractivity contribution in [3.05, 3.63) is 11.7 Å². The van der Waals surface area contributed by atoms with Crippen LogP contribution in [-0.4, -0.2) is 47.9 Å². The fourth-order valence-corrected chi connectivity index (χ4v) is 1.88. The van der Waals surface area contributed by atoms with E-state index in [0.717, 1.165) is 45.7 Å². The van der Waals surface area contributed by atoms with Crippen LogP contribution in [0, 0.1) is 0 Å². The Labute approximate surface area is 101 Å². The van der Waals surface area contributed by atoms with Crippen molar-refractivity contribution in [3.8, 4) is 0 Å². The van der Waals surface area contributed by atoms with E-state index < -0.39 is 0 Å². The van der Waals surface area contributed by atoms with E-state index in [9.17, 15) is 0 Å². The molecule has 0 saturated carbocycles. The van der Waals surface area contributed by atoms with Crippen LogP contribution in [0.4, 0.5) is 0 Å². The summed E-state index contributed by atoms with van der Waals surface area (Å²) in [5.74, 6) is 1.29. The largest absolute Gasteiger partial charge is 0.379 e. The van der Waals surface area contributed by atoms with Crippen LogP contribution in [0.15, 0.2) is 4.52 Å². The molecule has 0 bridgehead atoms. The SMILES string of the molecule is CCCc1nc(C(N)CN2CCOCC2)no1. The van der Waals surface area contributed by atoms with Gasteiger partial charge in [-0.2, -0.15) is 4.98 Å². The van der Waals surface area contributed by atoms with Crippen LogP contribution in [0.2, 0.25) is 0 Å². The van der Waals surface area contributed by atoms with Gasteiger partial charge >= 0.3 is 0 Å². The first-order chi connectivity index (χ1) is 8.29. The number of aromatic nitrogens is 2. The number of ether oxygens (including phenoxy) is 1. The van der Waals surface area contributed by atoms with Crippen molar-refractivity contribution in [2.75, 3.05) is 32.8 Å². The normalized spacial score (nSPS) is 19.4. The van der Waals surface area contributed by atoms with Gasteiger partial charge in [0, 0.05) is 26.1 Å². The molecule has 1 aliphatic heterocycles. The number of hydrogen-bond acceptors (Lipinski definition) is 6. The van der Waals surface area contributed by atoms with Crippen LogP contribution in [0.25, 0.3) is 0 Å². The molecule has 6 nitrogen and oxygen atoms in total. The summed E-state index contributed by atoms with van der Waals surface area (Å²) in [5.41, 5.74) is 6.07. The Bertz CT molecular complexity index is 336. The fraction of sp³-hybridized carbons (Fsp3) is 0.818. The maximum Gasteiger partial charge on any atom is 0.226 e. The highest BCUT2D eigenvalue weighted by molar-refractivity contribution is 4.94. The van der Waals surface area contributed by atoms with E-state index in [4.69, 9.17) is 15.0 Å². The number of nitrogens with zero attached hydrogens (tertiary/aromatic N) is 3. The van der Waals surface area contributed by atoms with E-state index in [1.165, 1.54) is 0 Å². The van der Waals surface area contributed by atoms with Gasteiger partial charge in [-0.05, 0) is 6.42 Å². The van der Waals surface area contributed by atoms with Crippen LogP contribution in [0.3, 0.4) is 0 Å². The number of hydrogen-bond donors (Lipinski definition) is 1. The van der Waals surface area contributed by atoms with Gasteiger partial charge in [0.1, 0.15) is 0 Å². The Morgan fingerprint density at radius 3 is 2.88 bits per heavy atom. The molecule has 1 aliphatic rings. The second-order valence-electron chi connectivity index (χ2n) is 4.32. The summed E-state index contributed by atoms with van der Waals surface area (Å²) in [6.45, 7) is 6.24. The van der Waals surface area contributed by atoms with Crippen LogP contribution in [-0.2, 0) is 11.2 Å². The van der Waals surface area contributed by atoms with E-state index in [1.807, 2.05) is 0 Å². The van der Waals surface area contributed by atoms with Gasteiger partial charge in [-0.1, -0.05) is 12.1 Å². The molecule has 0 radical (unpaired) electrons. The lowest BCUT2D eigenvalue weighted by molar-refractivity contribution is 0.0348. The summed E-state index contributed by atoms with van der Waals surface area (Å²) < 4.78 is 10.4. The van der Waals surface area contributed by atoms with Gasteiger partial charge in [-0.3, -0.25) is 4.90 Å². The molecule has 0 spiro atoms. The zero-order chi connectivity index (χ0) is 12.1. The average molecular weight is 240 g/mol. The lowest BCUT2D eigenvalue weighted by atomic mass is 10.2. The molecular formula is C11H20N4O2. The molecule has 2 heterocycles. The third kappa shape index (κ3) is 3.49. The van der Waals surface area contributed by atoms with E-state index in [2.05, 4.69) is 22.0 Å². The summed E-state index contributed by atoms with van der Waals surface area (Å²) in [4.78, 5) is 6.57. The summed E-state index contributed by atoms with van der Waals surface area (Å²) in [7, 11) is 0. The Morgan fingerprint density at radius 2 is 2.18 bits per heavy atom. The predicted molar refractivity (Wildman–Crippen MR) is 62.5 cm³/mol. The van der Waals surface area contributed by atoms with Gasteiger partial charge in [0.05, 0.1) is 19.3 Å². The summed E-state index contributed by atoms with van der Waals surface area (Å²) >= 11 is 0. The van der Waals surface area contributed by atoms with Crippen molar-refractivity contribution in [1.82, 2.24) is 15.0 Å². The maximum atomic E-state index is 6.07. The highest BCUT2D eigenvalue weighted by atomic mass is 16.5. The van der Waals surface area contributed by atoms with Crippen LogP contribution >= 0.6 is 0 Å². The molecule has 2 rings (SSSR count). The highest BCUT2D eigenvalue weighted by Crippen LogP contribution is 2.10. The molecule has 0 amide bonds. The Morgan fingerprint density at radius 1 is 1.41 bits per heavy atom. The molecular weight excluding hydrogens is 220 g/mol. The summed E-state index contributed by atoms with van der Waals surface area (Å²) in [6, 6.07) is -0.178. The van der Waals surface area contributed by atoms with Crippen LogP contribution < -0.4 is 5.73 Å². The van der Waals surface area contributed by atoms with Gasteiger partial charge in [-0.25, -0.2) is 0 Å². The number of rotatable bonds is 5. The lowest BCUT2D eigenvalue weighted by Crippen LogP contribution is -2.40. The van der Waals surface area contributed by atoms with Crippen molar-refractivity contribution in [2.45, 2.75) is 25.8 Å². The topological polar surface area (TPSA) is 77.4 Å². The molecule has 17 heavy (non-hydrogen) atoms. The average Bonchev–Trinajstić information content (AvgIpc) is 2.79. The smallest absolute Gasteiger partial charge is 0.226 e. The van der Waals surface area contributed by atoms with Crippen molar-refractivity contribution in [2.24, 2.45) is 5.73 Å². The Balaban J connectivity index is 1.86. The van der Waals surface area contributed by atoms with Gasteiger partial charge in [-0.15, -0.1) is 0 Å². The number of morpholine rings is 1. The first-order valence-corrected chi connectivity index (χ1v) is 6.17. The van der Waals surface area contributed by atoms with Gasteiger partial charge in [0.2, 0.25) is 5.89 Å². The summed E-state index contributed by atoms with van der Waals surface area (Å²) in [6.07, 6.45) is 1.82. The second kappa shape index (κ2) is 6.09. The maximum absolute atomic E-state index is 6.07. The molecule has 1 atom stereocenters. The minimum atomic E-state index is -0.178. The predicted octanol–water partition coefficient (Wildman–Crippen LogP) is 0.354. The monoisotopic (exact) mass is 240 g/mol. The van der Waals surface area contributed by atoms with Crippen LogP contribution in [0.1, 0.15) is 31.1 Å². The standard InChI is InChI=1S/C11H20N4O2/c1-2-3-10-13-11(14-17-10)9(12)8-15-4-6-16-7-5-15/h9H,2-8,12H2,1H3. The van der Waals surface area contributed by atoms with Gasteiger partial charge < -0.3 is 15.0 Å². The van der Waals surface area contributed by atoms with E-state index in [0.29, 0.717) is 11.7 Å². The van der Waals surface area contributed by atoms with E-state index in [1.54, 1.807) is 0 Å². The Hall–Kier alpha value is -0.980. The molecule has 96 valence electrons. The van der Waals surface area contributed by atoms with E-state index >= 15 is 0 Å². The van der Waals surface area contributed by atoms with E-state index in [-0.39, 0.29) is 6.04 Å². The van der Waals surface area contributed by atoms with Crippen molar-refractivity contribution >= 4 is 0 Å². The molecule has 6 heteroatoms. The molecule has 2 N–H and O–H groups in total. The third-order valence-corrected chi connectivity index (χ3v) is 2.84. The molecule has 0 aliphatic carbocycles. The van der Waals surface area contributed by atoms with Crippen molar-refractivity contribution in [1.29, 1.82) is 0 Å². The summed E-state index contributed by atoms with van der Waals surface area (Å²) in [5, 5.41) is 3.93. The molecule has 1 fully saturated rings. The van der Waals surface area contributed by atoms with Gasteiger partial charge in [0.25, 0.3) is 0 Å². The fourth-order valence-electron chi connectivity index (χ4n) is 1.88. The van der Waals surface area contributed by atoms with Crippen LogP contribution in [0.5, 0.6) is 0 Å². The minimum absolute atomic E-state index is 0.178. The molecule has 1 aromatic rings. The first-order valence-electron chi connectivity index (χ1n) is 6.17. The van der Waals surface area contributed by atoms with Crippen molar-refractivity contribution in [3.63, 3.8) is 0 Å². The second-order valence-corrected chi connectivity index (χ2v) is 4.32. The molecule has 1 unspecified atom stereocenters. The zero-order valence-corrected chi connectivity index (χ0v) is 10.3. The molecule has 1 aromatic heterocycles.